The molecule has 0 spiro atoms. The highest BCUT2D eigenvalue weighted by Gasteiger charge is 2.31. The second-order valence-electron chi connectivity index (χ2n) is 4.86. The number of nitrogens with zero attached hydrogens (tertiary/aromatic N) is 1. The fraction of sp³-hybridized carbons (Fsp3) is 0.923. The lowest BCUT2D eigenvalue weighted by molar-refractivity contribution is 0.0778. The first-order chi connectivity index (χ1) is 8.70. The lowest BCUT2D eigenvalue weighted by Crippen LogP contribution is -2.40. The maximum Gasteiger partial charge on any atom is 0.191 e. The van der Waals surface area contributed by atoms with Crippen molar-refractivity contribution in [3.63, 3.8) is 0 Å². The minimum Gasteiger partial charge on any atom is -0.387 e. The zero-order valence-corrected chi connectivity index (χ0v) is 12.5. The number of aliphatic imine (C=N–C) groups is 1. The molecule has 0 radical (unpaired) electrons. The van der Waals surface area contributed by atoms with Crippen LogP contribution in [-0.4, -0.2) is 47.8 Å². The van der Waals surface area contributed by atoms with Crippen LogP contribution in [0.5, 0.6) is 0 Å². The Kier molecular flexibility index (Phi) is 7.51. The predicted molar refractivity (Wildman–Crippen MR) is 80.4 cm³/mol. The number of hydrogen-bond acceptors (Lipinski definition) is 3. The molecule has 0 aliphatic carbocycles. The second kappa shape index (κ2) is 8.64. The Balaban J connectivity index is 2.34. The second-order valence-corrected chi connectivity index (χ2v) is 5.96. The van der Waals surface area contributed by atoms with E-state index in [1.165, 1.54) is 19.3 Å². The molecular formula is C13H27N3OS. The molecule has 0 aromatic heterocycles. The summed E-state index contributed by atoms with van der Waals surface area (Å²) in [4.78, 5) is 4.50. The first kappa shape index (κ1) is 15.6. The Hall–Kier alpha value is -0.420. The highest BCUT2D eigenvalue weighted by atomic mass is 32.2. The molecule has 0 amide bonds. The van der Waals surface area contributed by atoms with Crippen LogP contribution >= 0.6 is 11.8 Å². The van der Waals surface area contributed by atoms with E-state index in [1.807, 2.05) is 11.8 Å². The summed E-state index contributed by atoms with van der Waals surface area (Å²) in [5, 5.41) is 16.8. The Bertz CT molecular complexity index is 253. The summed E-state index contributed by atoms with van der Waals surface area (Å²) in [7, 11) is 0. The molecule has 3 N–H and O–H groups in total. The minimum atomic E-state index is -0.587. The summed E-state index contributed by atoms with van der Waals surface area (Å²) >= 11 is 1.81. The van der Waals surface area contributed by atoms with Gasteiger partial charge in [0.2, 0.25) is 0 Å². The SMILES string of the molecule is CCCCCNC(=NCC1(O)CCSC1)NCC. The molecule has 4 nitrogen and oxygen atoms in total. The number of guanidine groups is 1. The quantitative estimate of drug-likeness (QED) is 0.375. The van der Waals surface area contributed by atoms with Crippen LogP contribution in [0, 0.1) is 0 Å². The van der Waals surface area contributed by atoms with Gasteiger partial charge in [-0.15, -0.1) is 0 Å². The van der Waals surface area contributed by atoms with Crippen molar-refractivity contribution >= 4 is 17.7 Å². The van der Waals surface area contributed by atoms with Gasteiger partial charge in [-0.1, -0.05) is 19.8 Å². The maximum absolute atomic E-state index is 10.2. The molecule has 1 unspecified atom stereocenters. The Morgan fingerprint density at radius 2 is 2.17 bits per heavy atom. The predicted octanol–water partition coefficient (Wildman–Crippen LogP) is 1.60. The van der Waals surface area contributed by atoms with Crippen molar-refractivity contribution in [2.24, 2.45) is 4.99 Å². The number of nitrogens with one attached hydrogen (secondary N) is 2. The van der Waals surface area contributed by atoms with Crippen LogP contribution in [0.1, 0.15) is 39.5 Å². The van der Waals surface area contributed by atoms with E-state index in [0.29, 0.717) is 6.54 Å². The molecule has 106 valence electrons. The van der Waals surface area contributed by atoms with Gasteiger partial charge in [-0.2, -0.15) is 11.8 Å². The van der Waals surface area contributed by atoms with Gasteiger partial charge < -0.3 is 15.7 Å². The van der Waals surface area contributed by atoms with Crippen molar-refractivity contribution in [1.29, 1.82) is 0 Å². The van der Waals surface area contributed by atoms with E-state index >= 15 is 0 Å². The molecule has 0 saturated carbocycles. The average Bonchev–Trinajstić information content (AvgIpc) is 2.79. The normalized spacial score (nSPS) is 24.3. The summed E-state index contributed by atoms with van der Waals surface area (Å²) in [6, 6.07) is 0. The van der Waals surface area contributed by atoms with E-state index < -0.39 is 5.60 Å². The molecule has 0 bridgehead atoms. The Morgan fingerprint density at radius 1 is 1.33 bits per heavy atom. The van der Waals surface area contributed by atoms with E-state index in [-0.39, 0.29) is 0 Å². The Labute approximate surface area is 115 Å². The molecule has 1 aliphatic heterocycles. The van der Waals surface area contributed by atoms with Crippen LogP contribution in [-0.2, 0) is 0 Å². The van der Waals surface area contributed by atoms with Crippen molar-refractivity contribution in [3.05, 3.63) is 0 Å². The first-order valence-corrected chi connectivity index (χ1v) is 8.18. The van der Waals surface area contributed by atoms with Crippen LogP contribution in [0.2, 0.25) is 0 Å². The maximum atomic E-state index is 10.2. The molecule has 18 heavy (non-hydrogen) atoms. The highest BCUT2D eigenvalue weighted by molar-refractivity contribution is 7.99. The molecule has 0 aromatic rings. The third kappa shape index (κ3) is 5.96. The van der Waals surface area contributed by atoms with Gasteiger partial charge in [0.05, 0.1) is 12.1 Å². The largest absolute Gasteiger partial charge is 0.387 e. The zero-order chi connectivity index (χ0) is 13.3. The van der Waals surface area contributed by atoms with Crippen molar-refractivity contribution in [1.82, 2.24) is 10.6 Å². The van der Waals surface area contributed by atoms with Gasteiger partial charge in [0.1, 0.15) is 0 Å². The molecule has 5 heteroatoms. The van der Waals surface area contributed by atoms with Crippen LogP contribution < -0.4 is 10.6 Å². The number of rotatable bonds is 7. The lowest BCUT2D eigenvalue weighted by atomic mass is 10.1. The van der Waals surface area contributed by atoms with E-state index in [4.69, 9.17) is 0 Å². The molecule has 0 aromatic carbocycles. The summed E-state index contributed by atoms with van der Waals surface area (Å²) in [6.07, 6.45) is 4.50. The molecule has 1 fully saturated rings. The van der Waals surface area contributed by atoms with E-state index in [9.17, 15) is 5.11 Å². The monoisotopic (exact) mass is 273 g/mol. The highest BCUT2D eigenvalue weighted by Crippen LogP contribution is 2.27. The van der Waals surface area contributed by atoms with E-state index in [1.54, 1.807) is 0 Å². The van der Waals surface area contributed by atoms with Gasteiger partial charge >= 0.3 is 0 Å². The molecule has 1 atom stereocenters. The topological polar surface area (TPSA) is 56.7 Å². The summed E-state index contributed by atoms with van der Waals surface area (Å²) < 4.78 is 0. The van der Waals surface area contributed by atoms with Crippen LogP contribution in [0.15, 0.2) is 4.99 Å². The fourth-order valence-electron chi connectivity index (χ4n) is 1.87. The van der Waals surface area contributed by atoms with Gasteiger partial charge in [0, 0.05) is 18.8 Å². The summed E-state index contributed by atoms with van der Waals surface area (Å²) in [5.74, 6) is 2.69. The van der Waals surface area contributed by atoms with Gasteiger partial charge in [-0.05, 0) is 25.5 Å². The van der Waals surface area contributed by atoms with Crippen molar-refractivity contribution < 1.29 is 5.11 Å². The van der Waals surface area contributed by atoms with Crippen molar-refractivity contribution in [2.45, 2.75) is 45.1 Å². The number of thioether (sulfide) groups is 1. The molecule has 1 heterocycles. The van der Waals surface area contributed by atoms with Crippen molar-refractivity contribution in [2.75, 3.05) is 31.1 Å². The molecule has 1 aliphatic rings. The van der Waals surface area contributed by atoms with Gasteiger partial charge in [0.15, 0.2) is 5.96 Å². The number of hydrogen-bond donors (Lipinski definition) is 3. The summed E-state index contributed by atoms with van der Waals surface area (Å²) in [6.45, 7) is 6.57. The van der Waals surface area contributed by atoms with E-state index in [0.717, 1.165) is 37.0 Å². The lowest BCUT2D eigenvalue weighted by Gasteiger charge is -2.19. The third-order valence-corrected chi connectivity index (χ3v) is 4.27. The standard InChI is InChI=1S/C13H27N3OS/c1-3-5-6-8-15-12(14-4-2)16-10-13(17)7-9-18-11-13/h17H,3-11H2,1-2H3,(H2,14,15,16). The Morgan fingerprint density at radius 3 is 2.78 bits per heavy atom. The van der Waals surface area contributed by atoms with Gasteiger partial charge in [0.25, 0.3) is 0 Å². The van der Waals surface area contributed by atoms with Gasteiger partial charge in [-0.3, -0.25) is 4.99 Å². The molecule has 1 saturated heterocycles. The van der Waals surface area contributed by atoms with E-state index in [2.05, 4.69) is 29.5 Å². The van der Waals surface area contributed by atoms with Crippen LogP contribution in [0.4, 0.5) is 0 Å². The van der Waals surface area contributed by atoms with Crippen LogP contribution in [0.3, 0.4) is 0 Å². The minimum absolute atomic E-state index is 0.503. The molecule has 1 rings (SSSR count). The fourth-order valence-corrected chi connectivity index (χ4v) is 3.16. The summed E-state index contributed by atoms with van der Waals surface area (Å²) in [5.41, 5.74) is -0.587. The third-order valence-electron chi connectivity index (χ3n) is 3.03. The van der Waals surface area contributed by atoms with Crippen LogP contribution in [0.25, 0.3) is 0 Å². The first-order valence-electron chi connectivity index (χ1n) is 7.02. The molecular weight excluding hydrogens is 246 g/mol. The zero-order valence-electron chi connectivity index (χ0n) is 11.7. The number of unbranched alkanes of at least 4 members (excludes halogenated alkanes) is 2. The van der Waals surface area contributed by atoms with Crippen molar-refractivity contribution in [3.8, 4) is 0 Å². The van der Waals surface area contributed by atoms with Gasteiger partial charge in [-0.25, -0.2) is 0 Å². The average molecular weight is 273 g/mol. The smallest absolute Gasteiger partial charge is 0.191 e. The number of aliphatic hydroxyl groups is 1.